The van der Waals surface area contributed by atoms with Crippen LogP contribution in [-0.4, -0.2) is 25.8 Å². The van der Waals surface area contributed by atoms with E-state index in [0.29, 0.717) is 6.10 Å². The Morgan fingerprint density at radius 3 is 2.11 bits per heavy atom. The van der Waals surface area contributed by atoms with E-state index in [9.17, 15) is 0 Å². The highest BCUT2D eigenvalue weighted by Gasteiger charge is 2.19. The molecule has 0 spiro atoms. The average molecular weight is 255 g/mol. The quantitative estimate of drug-likeness (QED) is 0.588. The Balaban J connectivity index is 1.84. The number of unbranched alkanes of at least 4 members (excludes halogenated alkanes) is 6. The minimum Gasteiger partial charge on any atom is -0.378 e. The Labute approximate surface area is 114 Å². The second-order valence-electron chi connectivity index (χ2n) is 5.75. The summed E-state index contributed by atoms with van der Waals surface area (Å²) in [6, 6.07) is 0.739. The summed E-state index contributed by atoms with van der Waals surface area (Å²) in [6.45, 7) is 3.26. The summed E-state index contributed by atoms with van der Waals surface area (Å²) in [5, 5.41) is 3.37. The van der Waals surface area contributed by atoms with Gasteiger partial charge in [-0.25, -0.2) is 0 Å². The molecule has 0 bridgehead atoms. The molecule has 0 heterocycles. The third kappa shape index (κ3) is 7.38. The average Bonchev–Trinajstić information content (AvgIpc) is 2.42. The van der Waals surface area contributed by atoms with Gasteiger partial charge in [-0.2, -0.15) is 0 Å². The smallest absolute Gasteiger partial charge is 0.0576 e. The summed E-state index contributed by atoms with van der Waals surface area (Å²) < 4.78 is 5.98. The van der Waals surface area contributed by atoms with Crippen molar-refractivity contribution < 1.29 is 4.74 Å². The zero-order valence-corrected chi connectivity index (χ0v) is 12.5. The lowest BCUT2D eigenvalue weighted by molar-refractivity contribution is 0.0210. The van der Waals surface area contributed by atoms with Crippen LogP contribution in [0, 0.1) is 0 Å². The lowest BCUT2D eigenvalue weighted by atomic mass is 9.93. The van der Waals surface area contributed by atoms with Gasteiger partial charge in [0.05, 0.1) is 6.10 Å². The van der Waals surface area contributed by atoms with Gasteiger partial charge < -0.3 is 10.1 Å². The van der Waals surface area contributed by atoms with Crippen molar-refractivity contribution in [2.75, 3.05) is 13.7 Å². The standard InChI is InChI=1S/C16H33NO/c1-3-4-5-6-7-8-9-14-18-16-12-10-15(17-2)11-13-16/h15-17H,3-14H2,1-2H3. The summed E-state index contributed by atoms with van der Waals surface area (Å²) in [7, 11) is 2.07. The number of ether oxygens (including phenoxy) is 1. The fourth-order valence-corrected chi connectivity index (χ4v) is 2.83. The van der Waals surface area contributed by atoms with Crippen molar-refractivity contribution >= 4 is 0 Å². The van der Waals surface area contributed by atoms with Crippen molar-refractivity contribution in [2.24, 2.45) is 0 Å². The minimum atomic E-state index is 0.551. The molecule has 0 aromatic carbocycles. The molecule has 1 aliphatic rings. The van der Waals surface area contributed by atoms with Crippen LogP contribution in [0.3, 0.4) is 0 Å². The maximum absolute atomic E-state index is 5.98. The van der Waals surface area contributed by atoms with Crippen LogP contribution in [0.5, 0.6) is 0 Å². The van der Waals surface area contributed by atoms with Gasteiger partial charge in [0.1, 0.15) is 0 Å². The largest absolute Gasteiger partial charge is 0.378 e. The molecule has 0 radical (unpaired) electrons. The third-order valence-corrected chi connectivity index (χ3v) is 4.18. The molecule has 2 heteroatoms. The van der Waals surface area contributed by atoms with Crippen LogP contribution < -0.4 is 5.32 Å². The van der Waals surface area contributed by atoms with E-state index in [1.807, 2.05) is 0 Å². The molecular formula is C16H33NO. The first kappa shape index (κ1) is 16.0. The summed E-state index contributed by atoms with van der Waals surface area (Å²) >= 11 is 0. The van der Waals surface area contributed by atoms with Crippen LogP contribution in [0.1, 0.15) is 77.6 Å². The predicted octanol–water partition coefficient (Wildman–Crippen LogP) is 4.28. The molecule has 0 amide bonds. The second kappa shape index (κ2) is 10.8. The number of nitrogens with one attached hydrogen (secondary N) is 1. The fourth-order valence-electron chi connectivity index (χ4n) is 2.83. The maximum Gasteiger partial charge on any atom is 0.0576 e. The van der Waals surface area contributed by atoms with Gasteiger partial charge in [0, 0.05) is 12.6 Å². The molecule has 1 fully saturated rings. The van der Waals surface area contributed by atoms with Crippen LogP contribution in [0.4, 0.5) is 0 Å². The molecule has 18 heavy (non-hydrogen) atoms. The van der Waals surface area contributed by atoms with Crippen molar-refractivity contribution in [1.82, 2.24) is 5.32 Å². The zero-order chi connectivity index (χ0) is 13.1. The first-order chi connectivity index (χ1) is 8.86. The molecule has 0 aromatic heterocycles. The highest BCUT2D eigenvalue weighted by Crippen LogP contribution is 2.21. The highest BCUT2D eigenvalue weighted by atomic mass is 16.5. The van der Waals surface area contributed by atoms with Crippen LogP contribution in [-0.2, 0) is 4.74 Å². The molecular weight excluding hydrogens is 222 g/mol. The Morgan fingerprint density at radius 2 is 1.50 bits per heavy atom. The molecule has 0 unspecified atom stereocenters. The number of rotatable bonds is 10. The van der Waals surface area contributed by atoms with Gasteiger partial charge in [0.15, 0.2) is 0 Å². The molecule has 108 valence electrons. The van der Waals surface area contributed by atoms with E-state index in [0.717, 1.165) is 12.6 Å². The van der Waals surface area contributed by atoms with Crippen molar-refractivity contribution in [3.8, 4) is 0 Å². The summed E-state index contributed by atoms with van der Waals surface area (Å²) in [5.41, 5.74) is 0. The maximum atomic E-state index is 5.98. The topological polar surface area (TPSA) is 21.3 Å². The van der Waals surface area contributed by atoms with Gasteiger partial charge in [-0.05, 0) is 39.2 Å². The van der Waals surface area contributed by atoms with E-state index in [2.05, 4.69) is 19.3 Å². The van der Waals surface area contributed by atoms with Crippen LogP contribution in [0.25, 0.3) is 0 Å². The Hall–Kier alpha value is -0.0800. The Kier molecular flexibility index (Phi) is 9.59. The number of hydrogen-bond donors (Lipinski definition) is 1. The molecule has 2 nitrogen and oxygen atoms in total. The van der Waals surface area contributed by atoms with E-state index in [4.69, 9.17) is 4.74 Å². The minimum absolute atomic E-state index is 0.551. The highest BCUT2D eigenvalue weighted by molar-refractivity contribution is 4.76. The van der Waals surface area contributed by atoms with Crippen LogP contribution in [0.15, 0.2) is 0 Å². The van der Waals surface area contributed by atoms with Crippen LogP contribution in [0.2, 0.25) is 0 Å². The van der Waals surface area contributed by atoms with Gasteiger partial charge in [-0.15, -0.1) is 0 Å². The normalized spacial score (nSPS) is 24.3. The second-order valence-corrected chi connectivity index (χ2v) is 5.75. The molecule has 0 aromatic rings. The summed E-state index contributed by atoms with van der Waals surface area (Å²) in [5.74, 6) is 0. The molecule has 1 rings (SSSR count). The molecule has 1 aliphatic carbocycles. The molecule has 0 atom stereocenters. The lowest BCUT2D eigenvalue weighted by Gasteiger charge is -2.28. The van der Waals surface area contributed by atoms with Crippen molar-refractivity contribution in [1.29, 1.82) is 0 Å². The van der Waals surface area contributed by atoms with Crippen molar-refractivity contribution in [2.45, 2.75) is 89.7 Å². The Bertz CT molecular complexity index is 176. The lowest BCUT2D eigenvalue weighted by Crippen LogP contribution is -2.33. The Morgan fingerprint density at radius 1 is 0.889 bits per heavy atom. The van der Waals surface area contributed by atoms with Gasteiger partial charge >= 0.3 is 0 Å². The first-order valence-corrected chi connectivity index (χ1v) is 8.15. The van der Waals surface area contributed by atoms with Crippen molar-refractivity contribution in [3.63, 3.8) is 0 Å². The monoisotopic (exact) mass is 255 g/mol. The van der Waals surface area contributed by atoms with Gasteiger partial charge in [0.25, 0.3) is 0 Å². The predicted molar refractivity (Wildman–Crippen MR) is 79.0 cm³/mol. The SMILES string of the molecule is CCCCCCCCCOC1CCC(NC)CC1. The van der Waals surface area contributed by atoms with Crippen molar-refractivity contribution in [3.05, 3.63) is 0 Å². The van der Waals surface area contributed by atoms with E-state index < -0.39 is 0 Å². The summed E-state index contributed by atoms with van der Waals surface area (Å²) in [6.07, 6.45) is 15.2. The first-order valence-electron chi connectivity index (χ1n) is 8.15. The zero-order valence-electron chi connectivity index (χ0n) is 12.5. The van der Waals surface area contributed by atoms with Crippen LogP contribution >= 0.6 is 0 Å². The number of hydrogen-bond acceptors (Lipinski definition) is 2. The van der Waals surface area contributed by atoms with E-state index in [-0.39, 0.29) is 0 Å². The van der Waals surface area contributed by atoms with E-state index in [1.54, 1.807) is 0 Å². The van der Waals surface area contributed by atoms with Gasteiger partial charge in [-0.1, -0.05) is 45.4 Å². The van der Waals surface area contributed by atoms with Gasteiger partial charge in [-0.3, -0.25) is 0 Å². The molecule has 1 saturated carbocycles. The molecule has 0 aliphatic heterocycles. The summed E-state index contributed by atoms with van der Waals surface area (Å²) in [4.78, 5) is 0. The molecule has 1 N–H and O–H groups in total. The van der Waals surface area contributed by atoms with E-state index in [1.165, 1.54) is 70.6 Å². The van der Waals surface area contributed by atoms with E-state index >= 15 is 0 Å². The van der Waals surface area contributed by atoms with Gasteiger partial charge in [0.2, 0.25) is 0 Å². The third-order valence-electron chi connectivity index (χ3n) is 4.18. The fraction of sp³-hybridized carbons (Fsp3) is 1.00. The molecule has 0 saturated heterocycles.